The van der Waals surface area contributed by atoms with E-state index in [4.69, 9.17) is 9.47 Å². The summed E-state index contributed by atoms with van der Waals surface area (Å²) in [7, 11) is 0. The molecular weight excluding hydrogens is 308 g/mol. The van der Waals surface area contributed by atoms with Gasteiger partial charge in [-0.2, -0.15) is 0 Å². The van der Waals surface area contributed by atoms with Crippen LogP contribution in [-0.2, 0) is 14.3 Å². The first-order chi connectivity index (χ1) is 11.1. The maximum absolute atomic E-state index is 12.5. The normalized spacial score (nSPS) is 25.4. The van der Waals surface area contributed by atoms with Gasteiger partial charge in [-0.15, -0.1) is 0 Å². The number of carbonyl (C=O) groups is 2. The van der Waals surface area contributed by atoms with Crippen molar-refractivity contribution in [2.45, 2.75) is 65.6 Å². The fourth-order valence-corrected chi connectivity index (χ4v) is 3.16. The second-order valence-electron chi connectivity index (χ2n) is 8.42. The summed E-state index contributed by atoms with van der Waals surface area (Å²) in [4.78, 5) is 24.2. The zero-order valence-corrected chi connectivity index (χ0v) is 15.6. The average Bonchev–Trinajstić information content (AvgIpc) is 3.11. The van der Waals surface area contributed by atoms with E-state index >= 15 is 0 Å². The minimum Gasteiger partial charge on any atom is -0.444 e. The van der Waals surface area contributed by atoms with Crippen molar-refractivity contribution in [2.75, 3.05) is 19.7 Å². The molecule has 6 nitrogen and oxygen atoms in total. The number of rotatable bonds is 6. The van der Waals surface area contributed by atoms with Crippen molar-refractivity contribution in [3.05, 3.63) is 0 Å². The zero-order chi connectivity index (χ0) is 18.0. The molecule has 2 atom stereocenters. The molecule has 2 N–H and O–H groups in total. The maximum atomic E-state index is 12.5. The van der Waals surface area contributed by atoms with Crippen molar-refractivity contribution in [3.63, 3.8) is 0 Å². The van der Waals surface area contributed by atoms with E-state index in [2.05, 4.69) is 24.5 Å². The van der Waals surface area contributed by atoms with Gasteiger partial charge in [-0.25, -0.2) is 4.79 Å². The summed E-state index contributed by atoms with van der Waals surface area (Å²) in [5.74, 6) is 0.417. The molecule has 1 saturated heterocycles. The lowest BCUT2D eigenvalue weighted by Crippen LogP contribution is -2.44. The molecule has 2 amide bonds. The van der Waals surface area contributed by atoms with E-state index in [-0.39, 0.29) is 17.9 Å². The molecule has 0 radical (unpaired) electrons. The summed E-state index contributed by atoms with van der Waals surface area (Å²) in [6.07, 6.45) is 2.31. The van der Waals surface area contributed by atoms with Crippen molar-refractivity contribution in [2.24, 2.45) is 17.3 Å². The third-order valence-corrected chi connectivity index (χ3v) is 5.12. The van der Waals surface area contributed by atoms with Gasteiger partial charge in [-0.05, 0) is 51.4 Å². The lowest BCUT2D eigenvalue weighted by molar-refractivity contribution is -0.127. The van der Waals surface area contributed by atoms with Gasteiger partial charge in [0.15, 0.2) is 0 Å². The highest BCUT2D eigenvalue weighted by Gasteiger charge is 2.46. The highest BCUT2D eigenvalue weighted by molar-refractivity contribution is 5.79. The van der Waals surface area contributed by atoms with Gasteiger partial charge in [0.2, 0.25) is 5.91 Å². The topological polar surface area (TPSA) is 76.7 Å². The number of hydrogen-bond acceptors (Lipinski definition) is 4. The molecule has 2 rings (SSSR count). The first-order valence-electron chi connectivity index (χ1n) is 8.99. The van der Waals surface area contributed by atoms with Crippen LogP contribution in [0.25, 0.3) is 0 Å². The summed E-state index contributed by atoms with van der Waals surface area (Å²) in [5.41, 5.74) is -0.244. The number of hydrogen-bond donors (Lipinski definition) is 2. The second-order valence-corrected chi connectivity index (χ2v) is 8.42. The molecule has 6 heteroatoms. The van der Waals surface area contributed by atoms with Crippen molar-refractivity contribution in [1.29, 1.82) is 0 Å². The van der Waals surface area contributed by atoms with Gasteiger partial charge in [-0.3, -0.25) is 4.79 Å². The molecule has 2 fully saturated rings. The molecule has 0 aromatic rings. The van der Waals surface area contributed by atoms with Crippen LogP contribution in [-0.4, -0.2) is 43.4 Å². The minimum atomic E-state index is -0.535. The Kier molecular flexibility index (Phi) is 5.78. The number of nitrogens with one attached hydrogen (secondary N) is 2. The average molecular weight is 340 g/mol. The fraction of sp³-hybridized carbons (Fsp3) is 0.889. The van der Waals surface area contributed by atoms with Crippen LogP contribution < -0.4 is 10.6 Å². The van der Waals surface area contributed by atoms with Crippen LogP contribution in [0.15, 0.2) is 0 Å². The van der Waals surface area contributed by atoms with E-state index < -0.39 is 11.7 Å². The molecule has 0 aromatic carbocycles. The van der Waals surface area contributed by atoms with Crippen LogP contribution in [0.4, 0.5) is 4.79 Å². The molecule has 0 spiro atoms. The van der Waals surface area contributed by atoms with E-state index in [1.807, 2.05) is 20.8 Å². The fourth-order valence-electron chi connectivity index (χ4n) is 3.16. The molecule has 2 aliphatic rings. The minimum absolute atomic E-state index is 0.0374. The van der Waals surface area contributed by atoms with Crippen LogP contribution in [0.3, 0.4) is 0 Å². The third kappa shape index (κ3) is 5.10. The van der Waals surface area contributed by atoms with E-state index in [0.717, 1.165) is 6.54 Å². The highest BCUT2D eigenvalue weighted by atomic mass is 16.6. The van der Waals surface area contributed by atoms with Gasteiger partial charge >= 0.3 is 6.09 Å². The van der Waals surface area contributed by atoms with Crippen molar-refractivity contribution in [1.82, 2.24) is 10.6 Å². The summed E-state index contributed by atoms with van der Waals surface area (Å²) in [6.45, 7) is 11.5. The van der Waals surface area contributed by atoms with E-state index in [9.17, 15) is 9.59 Å². The van der Waals surface area contributed by atoms with Crippen LogP contribution >= 0.6 is 0 Å². The molecule has 0 unspecified atom stereocenters. The Balaban J connectivity index is 1.77. The quantitative estimate of drug-likeness (QED) is 0.779. The highest BCUT2D eigenvalue weighted by Crippen LogP contribution is 2.51. The maximum Gasteiger partial charge on any atom is 0.407 e. The Hall–Kier alpha value is -1.30. The number of amides is 2. The van der Waals surface area contributed by atoms with Crippen molar-refractivity contribution >= 4 is 12.0 Å². The Morgan fingerprint density at radius 2 is 1.92 bits per heavy atom. The molecule has 138 valence electrons. The Morgan fingerprint density at radius 1 is 1.25 bits per heavy atom. The first kappa shape index (κ1) is 19.0. The molecule has 0 aromatic heterocycles. The Labute approximate surface area is 145 Å². The van der Waals surface area contributed by atoms with Gasteiger partial charge in [-0.1, -0.05) is 13.8 Å². The molecule has 24 heavy (non-hydrogen) atoms. The molecule has 0 bridgehead atoms. The Bertz CT molecular complexity index is 466. The summed E-state index contributed by atoms with van der Waals surface area (Å²) in [5, 5.41) is 5.80. The molecule has 1 aliphatic carbocycles. The van der Waals surface area contributed by atoms with Crippen LogP contribution in [0, 0.1) is 17.3 Å². The van der Waals surface area contributed by atoms with Crippen LogP contribution in [0.2, 0.25) is 0 Å². The van der Waals surface area contributed by atoms with Gasteiger partial charge < -0.3 is 20.1 Å². The predicted molar refractivity (Wildman–Crippen MR) is 91.6 cm³/mol. The molecule has 1 heterocycles. The molecule has 1 aliphatic heterocycles. The first-order valence-corrected chi connectivity index (χ1v) is 8.99. The standard InChI is InChI=1S/C18H32N2O4/c1-12(2)18(7-8-18)11-20-15(21)13-6-9-23-14(13)10-19-16(22)24-17(3,4)5/h12-14H,6-11H2,1-5H3,(H,19,22)(H,20,21)/t13-,14-/m1/s1. The second kappa shape index (κ2) is 7.30. The predicted octanol–water partition coefficient (Wildman–Crippen LogP) is 2.47. The summed E-state index contributed by atoms with van der Waals surface area (Å²) < 4.78 is 10.8. The van der Waals surface area contributed by atoms with Gasteiger partial charge in [0.25, 0.3) is 0 Å². The summed E-state index contributed by atoms with van der Waals surface area (Å²) >= 11 is 0. The molecular formula is C18H32N2O4. The Morgan fingerprint density at radius 3 is 2.46 bits per heavy atom. The lowest BCUT2D eigenvalue weighted by atomic mass is 9.92. The molecule has 1 saturated carbocycles. The zero-order valence-electron chi connectivity index (χ0n) is 15.6. The van der Waals surface area contributed by atoms with E-state index in [1.54, 1.807) is 0 Å². The van der Waals surface area contributed by atoms with Gasteiger partial charge in [0.05, 0.1) is 12.0 Å². The number of ether oxygens (including phenoxy) is 2. The van der Waals surface area contributed by atoms with E-state index in [0.29, 0.717) is 30.9 Å². The van der Waals surface area contributed by atoms with Gasteiger partial charge in [0.1, 0.15) is 5.60 Å². The summed E-state index contributed by atoms with van der Waals surface area (Å²) in [6, 6.07) is 0. The smallest absolute Gasteiger partial charge is 0.407 e. The SMILES string of the molecule is CC(C)C1(CNC(=O)[C@@H]2CCO[C@@H]2CNC(=O)OC(C)(C)C)CC1. The van der Waals surface area contributed by atoms with Gasteiger partial charge in [0, 0.05) is 19.7 Å². The van der Waals surface area contributed by atoms with Crippen molar-refractivity contribution < 1.29 is 19.1 Å². The van der Waals surface area contributed by atoms with E-state index in [1.165, 1.54) is 12.8 Å². The third-order valence-electron chi connectivity index (χ3n) is 5.12. The lowest BCUT2D eigenvalue weighted by Gasteiger charge is -2.24. The van der Waals surface area contributed by atoms with Crippen LogP contribution in [0.5, 0.6) is 0 Å². The largest absolute Gasteiger partial charge is 0.444 e. The van der Waals surface area contributed by atoms with Crippen molar-refractivity contribution in [3.8, 4) is 0 Å². The number of alkyl carbamates (subject to hydrolysis) is 1. The van der Waals surface area contributed by atoms with Crippen LogP contribution in [0.1, 0.15) is 53.9 Å². The monoisotopic (exact) mass is 340 g/mol. The number of carbonyl (C=O) groups excluding carboxylic acids is 2.